The minimum absolute atomic E-state index is 0.388. The first-order valence-corrected chi connectivity index (χ1v) is 4.66. The van der Waals surface area contributed by atoms with Crippen LogP contribution in [0.4, 0.5) is 4.79 Å². The van der Waals surface area contributed by atoms with Crippen LogP contribution in [0.2, 0.25) is 0 Å². The van der Waals surface area contributed by atoms with Gasteiger partial charge in [0.1, 0.15) is 11.8 Å². The molecule has 0 aliphatic rings. The number of nitriles is 1. The largest absolute Gasteiger partial charge is 0.495 e. The van der Waals surface area contributed by atoms with Crippen LogP contribution < -0.4 is 10.1 Å². The summed E-state index contributed by atoms with van der Waals surface area (Å²) in [5, 5.41) is 19.8. The maximum atomic E-state index is 10.5. The molecule has 1 amide bonds. The van der Waals surface area contributed by atoms with Crippen molar-refractivity contribution < 1.29 is 14.6 Å². The zero-order valence-electron chi connectivity index (χ0n) is 9.02. The molecule has 5 nitrogen and oxygen atoms in total. The molecule has 84 valence electrons. The first-order valence-electron chi connectivity index (χ1n) is 4.66. The van der Waals surface area contributed by atoms with Gasteiger partial charge >= 0.3 is 6.09 Å². The van der Waals surface area contributed by atoms with Crippen LogP contribution in [0.15, 0.2) is 18.2 Å². The molecule has 0 radical (unpaired) electrons. The molecule has 0 unspecified atom stereocenters. The van der Waals surface area contributed by atoms with Gasteiger partial charge in [-0.15, -0.1) is 0 Å². The Morgan fingerprint density at radius 1 is 1.62 bits per heavy atom. The third kappa shape index (κ3) is 2.42. The zero-order valence-corrected chi connectivity index (χ0v) is 9.02. The summed E-state index contributed by atoms with van der Waals surface area (Å²) in [7, 11) is 1.45. The van der Waals surface area contributed by atoms with Gasteiger partial charge in [0, 0.05) is 5.56 Å². The number of carbonyl (C=O) groups is 1. The lowest BCUT2D eigenvalue weighted by Gasteiger charge is -2.16. The van der Waals surface area contributed by atoms with E-state index in [4.69, 9.17) is 15.1 Å². The lowest BCUT2D eigenvalue weighted by atomic mass is 10.0. The van der Waals surface area contributed by atoms with E-state index in [9.17, 15) is 4.79 Å². The molecule has 0 spiro atoms. The summed E-state index contributed by atoms with van der Waals surface area (Å²) in [5.74, 6) is 0.409. The van der Waals surface area contributed by atoms with Crippen LogP contribution in [0.1, 0.15) is 24.1 Å². The van der Waals surface area contributed by atoms with Gasteiger partial charge in [0.05, 0.1) is 18.7 Å². The Hall–Kier alpha value is -2.22. The number of hydrogen-bond acceptors (Lipinski definition) is 3. The van der Waals surface area contributed by atoms with Crippen LogP contribution >= 0.6 is 0 Å². The Kier molecular flexibility index (Phi) is 3.72. The maximum Gasteiger partial charge on any atom is 0.405 e. The molecule has 0 saturated carbocycles. The van der Waals surface area contributed by atoms with Crippen LogP contribution in [0.25, 0.3) is 0 Å². The first-order chi connectivity index (χ1) is 7.60. The number of nitrogens with one attached hydrogen (secondary N) is 1. The summed E-state index contributed by atoms with van der Waals surface area (Å²) in [5.41, 5.74) is 1.03. The van der Waals surface area contributed by atoms with Crippen molar-refractivity contribution in [2.45, 2.75) is 13.0 Å². The molecule has 0 bridgehead atoms. The van der Waals surface area contributed by atoms with Gasteiger partial charge in [0.15, 0.2) is 0 Å². The van der Waals surface area contributed by atoms with Crippen LogP contribution in [0.5, 0.6) is 5.75 Å². The predicted molar refractivity (Wildman–Crippen MR) is 57.3 cm³/mol. The molecular weight excluding hydrogens is 208 g/mol. The Morgan fingerprint density at radius 2 is 2.31 bits per heavy atom. The molecule has 5 heteroatoms. The van der Waals surface area contributed by atoms with Crippen molar-refractivity contribution in [2.75, 3.05) is 7.11 Å². The molecule has 1 atom stereocenters. The Labute approximate surface area is 93.3 Å². The van der Waals surface area contributed by atoms with E-state index in [-0.39, 0.29) is 0 Å². The SMILES string of the molecule is COc1c(C#N)cccc1[C@@H](C)NC(=O)O. The lowest BCUT2D eigenvalue weighted by molar-refractivity contribution is 0.190. The highest BCUT2D eigenvalue weighted by molar-refractivity contribution is 5.65. The van der Waals surface area contributed by atoms with Gasteiger partial charge in [-0.1, -0.05) is 12.1 Å². The van der Waals surface area contributed by atoms with E-state index in [1.807, 2.05) is 6.07 Å². The van der Waals surface area contributed by atoms with Gasteiger partial charge in [-0.2, -0.15) is 5.26 Å². The molecule has 1 aromatic carbocycles. The van der Waals surface area contributed by atoms with Gasteiger partial charge in [-0.3, -0.25) is 0 Å². The third-order valence-electron chi connectivity index (χ3n) is 2.18. The smallest absolute Gasteiger partial charge is 0.405 e. The summed E-state index contributed by atoms with van der Waals surface area (Å²) in [6.45, 7) is 1.69. The third-order valence-corrected chi connectivity index (χ3v) is 2.18. The highest BCUT2D eigenvalue weighted by Gasteiger charge is 2.15. The molecule has 0 saturated heterocycles. The summed E-state index contributed by atoms with van der Waals surface area (Å²) < 4.78 is 5.11. The standard InChI is InChI=1S/C11H12N2O3/c1-7(13-11(14)15)9-5-3-4-8(6-12)10(9)16-2/h3-5,7,13H,1-2H3,(H,14,15)/t7-/m1/s1. The van der Waals surface area contributed by atoms with Gasteiger partial charge in [0.25, 0.3) is 0 Å². The molecule has 16 heavy (non-hydrogen) atoms. The second-order valence-corrected chi connectivity index (χ2v) is 3.21. The monoisotopic (exact) mass is 220 g/mol. The molecule has 1 aromatic rings. The fourth-order valence-corrected chi connectivity index (χ4v) is 1.47. The van der Waals surface area contributed by atoms with E-state index >= 15 is 0 Å². The van der Waals surface area contributed by atoms with E-state index in [0.717, 1.165) is 0 Å². The van der Waals surface area contributed by atoms with E-state index < -0.39 is 12.1 Å². The quantitative estimate of drug-likeness (QED) is 0.814. The number of methoxy groups -OCH3 is 1. The summed E-state index contributed by atoms with van der Waals surface area (Å²) >= 11 is 0. The fourth-order valence-electron chi connectivity index (χ4n) is 1.47. The second kappa shape index (κ2) is 5.03. The molecule has 1 rings (SSSR count). The second-order valence-electron chi connectivity index (χ2n) is 3.21. The minimum atomic E-state index is -1.11. The maximum absolute atomic E-state index is 10.5. The van der Waals surface area contributed by atoms with Crippen molar-refractivity contribution in [3.05, 3.63) is 29.3 Å². The molecule has 0 fully saturated rings. The Bertz CT molecular complexity index is 437. The number of carboxylic acid groups (broad SMARTS) is 1. The number of nitrogens with zero attached hydrogens (tertiary/aromatic N) is 1. The van der Waals surface area contributed by atoms with Gasteiger partial charge < -0.3 is 15.2 Å². The molecule has 2 N–H and O–H groups in total. The van der Waals surface area contributed by atoms with Crippen molar-refractivity contribution >= 4 is 6.09 Å². The van der Waals surface area contributed by atoms with Crippen molar-refractivity contribution in [2.24, 2.45) is 0 Å². The Morgan fingerprint density at radius 3 is 2.81 bits per heavy atom. The minimum Gasteiger partial charge on any atom is -0.495 e. The predicted octanol–water partition coefficient (Wildman–Crippen LogP) is 1.90. The highest BCUT2D eigenvalue weighted by atomic mass is 16.5. The van der Waals surface area contributed by atoms with Crippen LogP contribution in [0, 0.1) is 11.3 Å². The number of benzene rings is 1. The highest BCUT2D eigenvalue weighted by Crippen LogP contribution is 2.28. The Balaban J connectivity index is 3.13. The number of rotatable bonds is 3. The molecule has 0 aliphatic heterocycles. The summed E-state index contributed by atoms with van der Waals surface area (Å²) in [4.78, 5) is 10.5. The van der Waals surface area contributed by atoms with Crippen molar-refractivity contribution in [3.63, 3.8) is 0 Å². The number of hydrogen-bond donors (Lipinski definition) is 2. The van der Waals surface area contributed by atoms with E-state index in [2.05, 4.69) is 5.32 Å². The van der Waals surface area contributed by atoms with Gasteiger partial charge in [0.2, 0.25) is 0 Å². The molecular formula is C11H12N2O3. The molecule has 0 heterocycles. The summed E-state index contributed by atoms with van der Waals surface area (Å²) in [6, 6.07) is 6.60. The average molecular weight is 220 g/mol. The normalized spacial score (nSPS) is 11.3. The van der Waals surface area contributed by atoms with Gasteiger partial charge in [-0.05, 0) is 13.0 Å². The van der Waals surface area contributed by atoms with Crippen LogP contribution in [-0.4, -0.2) is 18.3 Å². The van der Waals surface area contributed by atoms with Crippen molar-refractivity contribution in [3.8, 4) is 11.8 Å². The van der Waals surface area contributed by atoms with Crippen LogP contribution in [-0.2, 0) is 0 Å². The topological polar surface area (TPSA) is 82.3 Å². The van der Waals surface area contributed by atoms with Crippen molar-refractivity contribution in [1.82, 2.24) is 5.32 Å². The van der Waals surface area contributed by atoms with E-state index in [1.165, 1.54) is 7.11 Å². The van der Waals surface area contributed by atoms with Crippen molar-refractivity contribution in [1.29, 1.82) is 5.26 Å². The number of amides is 1. The number of ether oxygens (including phenoxy) is 1. The average Bonchev–Trinajstić information content (AvgIpc) is 2.26. The molecule has 0 aromatic heterocycles. The van der Waals surface area contributed by atoms with Crippen LogP contribution in [0.3, 0.4) is 0 Å². The zero-order chi connectivity index (χ0) is 12.1. The van der Waals surface area contributed by atoms with E-state index in [0.29, 0.717) is 16.9 Å². The lowest BCUT2D eigenvalue weighted by Crippen LogP contribution is -2.24. The number of para-hydroxylation sites is 1. The van der Waals surface area contributed by atoms with Gasteiger partial charge in [-0.25, -0.2) is 4.79 Å². The fraction of sp³-hybridized carbons (Fsp3) is 0.273. The summed E-state index contributed by atoms with van der Waals surface area (Å²) in [6.07, 6.45) is -1.11. The van der Waals surface area contributed by atoms with E-state index in [1.54, 1.807) is 25.1 Å². The molecule has 0 aliphatic carbocycles. The first kappa shape index (κ1) is 11.9.